The molecule has 26 heavy (non-hydrogen) atoms. The number of methoxy groups -OCH3 is 1. The SMILES string of the molecule is COC(=O)c1ccc(C2SCC3C(=O)N(c4ccccc4)C(=S)N32)cc1. The zero-order valence-corrected chi connectivity index (χ0v) is 15.6. The van der Waals surface area contributed by atoms with Gasteiger partial charge in [0.05, 0.1) is 18.4 Å². The molecule has 2 atom stereocenters. The first-order chi connectivity index (χ1) is 12.6. The summed E-state index contributed by atoms with van der Waals surface area (Å²) >= 11 is 7.33. The zero-order chi connectivity index (χ0) is 18.3. The van der Waals surface area contributed by atoms with Gasteiger partial charge in [0, 0.05) is 5.75 Å². The Morgan fingerprint density at radius 1 is 1.15 bits per heavy atom. The Balaban J connectivity index is 1.62. The van der Waals surface area contributed by atoms with Gasteiger partial charge < -0.3 is 9.64 Å². The number of hydrogen-bond acceptors (Lipinski definition) is 5. The fourth-order valence-electron chi connectivity index (χ4n) is 3.26. The number of fused-ring (bicyclic) bond motifs is 1. The fraction of sp³-hybridized carbons (Fsp3) is 0.211. The summed E-state index contributed by atoms with van der Waals surface area (Å²) < 4.78 is 4.74. The van der Waals surface area contributed by atoms with Crippen molar-refractivity contribution in [3.63, 3.8) is 0 Å². The quantitative estimate of drug-likeness (QED) is 0.598. The van der Waals surface area contributed by atoms with Crippen molar-refractivity contribution in [1.82, 2.24) is 4.90 Å². The second kappa shape index (κ2) is 6.74. The van der Waals surface area contributed by atoms with Gasteiger partial charge in [0.2, 0.25) is 0 Å². The summed E-state index contributed by atoms with van der Waals surface area (Å²) in [6.45, 7) is 0. The molecule has 2 heterocycles. The molecular weight excluding hydrogens is 368 g/mol. The standard InChI is InChI=1S/C19H16N2O3S2/c1-24-18(23)13-9-7-12(8-10-13)17-21-15(11-26-17)16(22)20(19(21)25)14-5-3-2-4-6-14/h2-10,15,17H,11H2,1H3. The van der Waals surface area contributed by atoms with Crippen LogP contribution in [0.15, 0.2) is 54.6 Å². The minimum atomic E-state index is -0.365. The molecule has 2 aliphatic heterocycles. The van der Waals surface area contributed by atoms with Crippen molar-refractivity contribution in [1.29, 1.82) is 0 Å². The maximum absolute atomic E-state index is 12.9. The average molecular weight is 384 g/mol. The minimum absolute atomic E-state index is 0.0161. The molecule has 0 N–H and O–H groups in total. The first-order valence-electron chi connectivity index (χ1n) is 8.13. The number of ether oxygens (including phenoxy) is 1. The molecule has 2 saturated heterocycles. The summed E-state index contributed by atoms with van der Waals surface area (Å²) in [6.07, 6.45) is 0. The topological polar surface area (TPSA) is 49.9 Å². The third-order valence-corrected chi connectivity index (χ3v) is 6.27. The molecular formula is C19H16N2O3S2. The molecule has 132 valence electrons. The van der Waals surface area contributed by atoms with E-state index in [0.717, 1.165) is 11.3 Å². The number of hydrogen-bond donors (Lipinski definition) is 0. The van der Waals surface area contributed by atoms with Crippen LogP contribution in [-0.2, 0) is 9.53 Å². The van der Waals surface area contributed by atoms with Gasteiger partial charge in [0.15, 0.2) is 5.11 Å². The highest BCUT2D eigenvalue weighted by atomic mass is 32.2. The lowest BCUT2D eigenvalue weighted by atomic mass is 10.1. The number of amides is 1. The molecule has 0 aromatic heterocycles. The summed E-state index contributed by atoms with van der Waals surface area (Å²) in [5.41, 5.74) is 2.30. The predicted octanol–water partition coefficient (Wildman–Crippen LogP) is 3.22. The van der Waals surface area contributed by atoms with Crippen LogP contribution in [-0.4, -0.2) is 40.8 Å². The molecule has 1 amide bonds. The normalized spacial score (nSPS) is 21.9. The smallest absolute Gasteiger partial charge is 0.337 e. The Kier molecular flexibility index (Phi) is 4.42. The van der Waals surface area contributed by atoms with E-state index >= 15 is 0 Å². The largest absolute Gasteiger partial charge is 0.465 e. The number of carbonyl (C=O) groups excluding carboxylic acids is 2. The molecule has 2 aromatic rings. The number of carbonyl (C=O) groups is 2. The van der Waals surface area contributed by atoms with Crippen molar-refractivity contribution in [2.75, 3.05) is 17.8 Å². The van der Waals surface area contributed by atoms with Crippen molar-refractivity contribution >= 4 is 46.7 Å². The molecule has 0 aliphatic carbocycles. The van der Waals surface area contributed by atoms with Crippen LogP contribution in [0, 0.1) is 0 Å². The van der Waals surface area contributed by atoms with Gasteiger partial charge >= 0.3 is 5.97 Å². The van der Waals surface area contributed by atoms with Gasteiger partial charge in [-0.05, 0) is 42.0 Å². The zero-order valence-electron chi connectivity index (χ0n) is 14.0. The minimum Gasteiger partial charge on any atom is -0.465 e. The number of anilines is 1. The molecule has 0 saturated carbocycles. The second-order valence-corrected chi connectivity index (χ2v) is 7.49. The maximum Gasteiger partial charge on any atom is 0.337 e. The van der Waals surface area contributed by atoms with Crippen molar-refractivity contribution in [3.05, 3.63) is 65.7 Å². The molecule has 2 fully saturated rings. The van der Waals surface area contributed by atoms with Crippen LogP contribution in [0.4, 0.5) is 5.69 Å². The Morgan fingerprint density at radius 2 is 1.85 bits per heavy atom. The number of para-hydroxylation sites is 1. The van der Waals surface area contributed by atoms with Gasteiger partial charge in [-0.3, -0.25) is 9.69 Å². The van der Waals surface area contributed by atoms with E-state index in [1.54, 1.807) is 28.8 Å². The monoisotopic (exact) mass is 384 g/mol. The van der Waals surface area contributed by atoms with Gasteiger partial charge in [0.25, 0.3) is 5.91 Å². The average Bonchev–Trinajstić information content (AvgIpc) is 3.22. The van der Waals surface area contributed by atoms with Crippen molar-refractivity contribution in [3.8, 4) is 0 Å². The molecule has 2 aliphatic rings. The lowest BCUT2D eigenvalue weighted by Crippen LogP contribution is -2.33. The third kappa shape index (κ3) is 2.68. The summed E-state index contributed by atoms with van der Waals surface area (Å²) in [5, 5.41) is 0.482. The van der Waals surface area contributed by atoms with E-state index in [1.165, 1.54) is 7.11 Å². The number of thiocarbonyl (C=S) groups is 1. The van der Waals surface area contributed by atoms with Gasteiger partial charge in [-0.1, -0.05) is 30.3 Å². The Hall–Kier alpha value is -2.38. The fourth-order valence-corrected chi connectivity index (χ4v) is 5.18. The van der Waals surface area contributed by atoms with E-state index in [4.69, 9.17) is 17.0 Å². The highest BCUT2D eigenvalue weighted by molar-refractivity contribution is 7.99. The van der Waals surface area contributed by atoms with Crippen LogP contribution >= 0.6 is 24.0 Å². The number of esters is 1. The number of nitrogens with zero attached hydrogens (tertiary/aromatic N) is 2. The Labute approximate surface area is 160 Å². The Bertz CT molecular complexity index is 870. The van der Waals surface area contributed by atoms with Gasteiger partial charge in [-0.15, -0.1) is 11.8 Å². The van der Waals surface area contributed by atoms with Crippen LogP contribution in [0.25, 0.3) is 0 Å². The van der Waals surface area contributed by atoms with E-state index in [2.05, 4.69) is 0 Å². The maximum atomic E-state index is 12.9. The van der Waals surface area contributed by atoms with Crippen LogP contribution in [0.3, 0.4) is 0 Å². The van der Waals surface area contributed by atoms with Crippen LogP contribution in [0.5, 0.6) is 0 Å². The number of rotatable bonds is 3. The molecule has 0 spiro atoms. The second-order valence-electron chi connectivity index (χ2n) is 6.01. The van der Waals surface area contributed by atoms with Gasteiger partial charge in [-0.25, -0.2) is 4.79 Å². The highest BCUT2D eigenvalue weighted by Crippen LogP contribution is 2.46. The molecule has 0 radical (unpaired) electrons. The summed E-state index contributed by atoms with van der Waals surface area (Å²) in [5.74, 6) is 0.337. The van der Waals surface area contributed by atoms with Gasteiger partial charge in [-0.2, -0.15) is 0 Å². The molecule has 0 bridgehead atoms. The molecule has 2 unspecified atom stereocenters. The van der Waals surface area contributed by atoms with Gasteiger partial charge in [0.1, 0.15) is 11.4 Å². The van der Waals surface area contributed by atoms with Crippen LogP contribution in [0.1, 0.15) is 21.3 Å². The first kappa shape index (κ1) is 17.1. The lowest BCUT2D eigenvalue weighted by Gasteiger charge is -2.25. The third-order valence-electron chi connectivity index (χ3n) is 4.55. The van der Waals surface area contributed by atoms with E-state index in [1.807, 2.05) is 47.4 Å². The Morgan fingerprint density at radius 3 is 2.50 bits per heavy atom. The summed E-state index contributed by atoms with van der Waals surface area (Å²) in [6, 6.07) is 16.5. The van der Waals surface area contributed by atoms with E-state index < -0.39 is 0 Å². The summed E-state index contributed by atoms with van der Waals surface area (Å²) in [7, 11) is 1.36. The first-order valence-corrected chi connectivity index (χ1v) is 9.58. The van der Waals surface area contributed by atoms with Crippen molar-refractivity contribution < 1.29 is 14.3 Å². The number of benzene rings is 2. The van der Waals surface area contributed by atoms with Crippen molar-refractivity contribution in [2.45, 2.75) is 11.4 Å². The molecule has 7 heteroatoms. The van der Waals surface area contributed by atoms with E-state index in [9.17, 15) is 9.59 Å². The van der Waals surface area contributed by atoms with E-state index in [0.29, 0.717) is 16.4 Å². The highest BCUT2D eigenvalue weighted by Gasteiger charge is 2.50. The molecule has 4 rings (SSSR count). The summed E-state index contributed by atoms with van der Waals surface area (Å²) in [4.78, 5) is 28.1. The lowest BCUT2D eigenvalue weighted by molar-refractivity contribution is -0.119. The van der Waals surface area contributed by atoms with Crippen LogP contribution in [0.2, 0.25) is 0 Å². The molecule has 2 aromatic carbocycles. The molecule has 5 nitrogen and oxygen atoms in total. The van der Waals surface area contributed by atoms with E-state index in [-0.39, 0.29) is 23.3 Å². The van der Waals surface area contributed by atoms with Crippen LogP contribution < -0.4 is 4.90 Å². The van der Waals surface area contributed by atoms with Crippen molar-refractivity contribution in [2.24, 2.45) is 0 Å². The number of thioether (sulfide) groups is 1. The predicted molar refractivity (Wildman–Crippen MR) is 105 cm³/mol.